The Labute approximate surface area is 280 Å². The summed E-state index contributed by atoms with van der Waals surface area (Å²) in [5.41, 5.74) is -6.70. The maximum atomic E-state index is 14.6. The summed E-state index contributed by atoms with van der Waals surface area (Å²) in [5, 5.41) is 4.66. The van der Waals surface area contributed by atoms with Crippen LogP contribution in [0.15, 0.2) is 77.8 Å². The van der Waals surface area contributed by atoms with Gasteiger partial charge in [-0.1, -0.05) is 30.3 Å². The highest BCUT2D eigenvalue weighted by Gasteiger charge is 2.73. The van der Waals surface area contributed by atoms with Crippen LogP contribution in [-0.4, -0.2) is 43.8 Å². The minimum absolute atomic E-state index is 0.0209. The third kappa shape index (κ3) is 6.08. The predicted molar refractivity (Wildman–Crippen MR) is 160 cm³/mol. The van der Waals surface area contributed by atoms with Crippen LogP contribution >= 0.6 is 0 Å². The summed E-state index contributed by atoms with van der Waals surface area (Å²) in [4.78, 5) is -0.307. The van der Waals surface area contributed by atoms with Crippen molar-refractivity contribution in [3.63, 3.8) is 0 Å². The van der Waals surface area contributed by atoms with Crippen LogP contribution in [-0.2, 0) is 49.1 Å². The fraction of sp³-hybridized carbons (Fsp3) is 0.382. The molecule has 1 aliphatic heterocycles. The van der Waals surface area contributed by atoms with Crippen LogP contribution in [0.25, 0.3) is 0 Å². The number of aromatic nitrogens is 2. The number of rotatable bonds is 8. The molecule has 1 fully saturated rings. The molecule has 6 rings (SSSR count). The largest absolute Gasteiger partial charge is 0.430 e. The molecule has 1 aliphatic carbocycles. The van der Waals surface area contributed by atoms with Crippen LogP contribution in [0.5, 0.6) is 0 Å². The third-order valence-electron chi connectivity index (χ3n) is 9.45. The van der Waals surface area contributed by atoms with Crippen molar-refractivity contribution in [1.29, 1.82) is 0 Å². The van der Waals surface area contributed by atoms with E-state index >= 15 is 0 Å². The van der Waals surface area contributed by atoms with Crippen LogP contribution in [0.2, 0.25) is 0 Å². The summed E-state index contributed by atoms with van der Waals surface area (Å²) in [5.74, 6) is -3.55. The zero-order chi connectivity index (χ0) is 36.1. The highest BCUT2D eigenvalue weighted by Crippen LogP contribution is 2.54. The quantitative estimate of drug-likeness (QED) is 0.136. The van der Waals surface area contributed by atoms with E-state index in [1.807, 2.05) is 0 Å². The van der Waals surface area contributed by atoms with E-state index < -0.39 is 67.7 Å². The number of aryl methyl sites for hydroxylation is 1. The summed E-state index contributed by atoms with van der Waals surface area (Å²) in [7, 11) is -4.50. The number of alkyl halides is 6. The van der Waals surface area contributed by atoms with Crippen molar-refractivity contribution >= 4 is 9.84 Å². The Morgan fingerprint density at radius 3 is 2.04 bits per heavy atom. The lowest BCUT2D eigenvalue weighted by atomic mass is 9.81. The molecule has 0 saturated carbocycles. The Balaban J connectivity index is 1.45. The summed E-state index contributed by atoms with van der Waals surface area (Å²) in [6.07, 6.45) is -9.66. The summed E-state index contributed by atoms with van der Waals surface area (Å²) in [6.45, 7) is -0.733. The highest BCUT2D eigenvalue weighted by molar-refractivity contribution is 7.92. The maximum Gasteiger partial charge on any atom is 0.430 e. The van der Waals surface area contributed by atoms with Crippen LogP contribution in [0.3, 0.4) is 0 Å². The van der Waals surface area contributed by atoms with E-state index in [9.17, 15) is 47.9 Å². The van der Waals surface area contributed by atoms with Crippen molar-refractivity contribution in [1.82, 2.24) is 9.78 Å². The highest BCUT2D eigenvalue weighted by atomic mass is 32.2. The van der Waals surface area contributed by atoms with Crippen molar-refractivity contribution in [3.05, 3.63) is 118 Å². The second-order valence-electron chi connectivity index (χ2n) is 12.3. The number of ether oxygens (including phenoxy) is 2. The lowest BCUT2D eigenvalue weighted by Crippen LogP contribution is -2.56. The van der Waals surface area contributed by atoms with Crippen molar-refractivity contribution in [2.45, 2.75) is 72.3 Å². The molecule has 4 aromatic rings. The molecule has 16 heteroatoms. The van der Waals surface area contributed by atoms with Gasteiger partial charge in [0.1, 0.15) is 22.2 Å². The number of halogens is 9. The van der Waals surface area contributed by atoms with E-state index in [-0.39, 0.29) is 35.8 Å². The van der Waals surface area contributed by atoms with Crippen LogP contribution in [0.4, 0.5) is 39.5 Å². The number of hydrogen-bond acceptors (Lipinski definition) is 5. The normalized spacial score (nSPS) is 19.4. The molecular formula is C34H29F9N2O4S. The van der Waals surface area contributed by atoms with Crippen molar-refractivity contribution in [2.75, 3.05) is 13.2 Å². The molecule has 1 saturated heterocycles. The summed E-state index contributed by atoms with van der Waals surface area (Å²) < 4.78 is 168. The molecule has 2 aliphatic rings. The van der Waals surface area contributed by atoms with E-state index in [4.69, 9.17) is 4.74 Å². The van der Waals surface area contributed by atoms with E-state index in [1.54, 1.807) is 10.9 Å². The van der Waals surface area contributed by atoms with Gasteiger partial charge in [0.25, 0.3) is 5.60 Å². The van der Waals surface area contributed by atoms with Gasteiger partial charge in [0.2, 0.25) is 0 Å². The molecule has 1 unspecified atom stereocenters. The van der Waals surface area contributed by atoms with Crippen molar-refractivity contribution < 1.29 is 57.4 Å². The van der Waals surface area contributed by atoms with Gasteiger partial charge in [-0.15, -0.1) is 0 Å². The van der Waals surface area contributed by atoms with Crippen LogP contribution < -0.4 is 0 Å². The Hall–Kier alpha value is -3.89. The number of benzene rings is 3. The van der Waals surface area contributed by atoms with E-state index in [2.05, 4.69) is 9.84 Å². The SMILES string of the molecule is O=S(=O)(c1ccc(F)cc1)C1(c2ccc(C(OCc3c(F)cccc3F)(C(F)(F)F)C(F)(F)F)cc2)CCc2nn(C3CCOCC3)cc2C1. The van der Waals surface area contributed by atoms with Crippen LogP contribution in [0.1, 0.15) is 53.3 Å². The van der Waals surface area contributed by atoms with Gasteiger partial charge in [0.05, 0.1) is 23.2 Å². The molecule has 1 aromatic heterocycles. The lowest BCUT2D eigenvalue weighted by Gasteiger charge is -2.39. The summed E-state index contributed by atoms with van der Waals surface area (Å²) in [6, 6.07) is 8.72. The molecule has 3 aromatic carbocycles. The van der Waals surface area contributed by atoms with E-state index in [1.165, 1.54) is 0 Å². The lowest BCUT2D eigenvalue weighted by molar-refractivity contribution is -0.392. The summed E-state index contributed by atoms with van der Waals surface area (Å²) >= 11 is 0. The smallest absolute Gasteiger partial charge is 0.381 e. The molecule has 6 nitrogen and oxygen atoms in total. The van der Waals surface area contributed by atoms with Gasteiger partial charge in [-0.25, -0.2) is 21.6 Å². The average molecular weight is 733 g/mol. The zero-order valence-electron chi connectivity index (χ0n) is 26.0. The fourth-order valence-electron chi connectivity index (χ4n) is 6.74. The molecule has 0 bridgehead atoms. The van der Waals surface area contributed by atoms with Gasteiger partial charge >= 0.3 is 12.4 Å². The van der Waals surface area contributed by atoms with Gasteiger partial charge in [0, 0.05) is 30.5 Å². The minimum atomic E-state index is -6.19. The maximum absolute atomic E-state index is 14.6. The monoisotopic (exact) mass is 732 g/mol. The molecule has 0 spiro atoms. The number of hydrogen-bond donors (Lipinski definition) is 0. The average Bonchev–Trinajstić information content (AvgIpc) is 3.49. The van der Waals surface area contributed by atoms with E-state index in [0.717, 1.165) is 42.5 Å². The first-order valence-corrected chi connectivity index (χ1v) is 16.9. The molecule has 0 amide bonds. The topological polar surface area (TPSA) is 70.4 Å². The molecule has 1 atom stereocenters. The molecule has 2 heterocycles. The predicted octanol–water partition coefficient (Wildman–Crippen LogP) is 8.05. The van der Waals surface area contributed by atoms with Gasteiger partial charge in [-0.3, -0.25) is 4.68 Å². The molecule has 0 N–H and O–H groups in total. The number of nitrogens with zero attached hydrogens (tertiary/aromatic N) is 2. The Bertz CT molecular complexity index is 1920. The number of fused-ring (bicyclic) bond motifs is 1. The third-order valence-corrected chi connectivity index (χ3v) is 12.0. The van der Waals surface area contributed by atoms with E-state index in [0.29, 0.717) is 61.6 Å². The first-order chi connectivity index (χ1) is 23.5. The Kier molecular flexibility index (Phi) is 9.35. The Morgan fingerprint density at radius 2 is 1.46 bits per heavy atom. The number of sulfone groups is 1. The van der Waals surface area contributed by atoms with Gasteiger partial charge in [-0.05, 0) is 79.6 Å². The van der Waals surface area contributed by atoms with Crippen LogP contribution in [0, 0.1) is 17.5 Å². The molecule has 0 radical (unpaired) electrons. The van der Waals surface area contributed by atoms with Crippen molar-refractivity contribution in [3.8, 4) is 0 Å². The van der Waals surface area contributed by atoms with Gasteiger partial charge < -0.3 is 9.47 Å². The standard InChI is InChI=1S/C34H29F9N2O4S/c35-24-8-10-26(11-9-24)50(46,47)31(15-12-30-21(18-31)19-45(44-30)25-13-16-48-17-14-25)22-4-6-23(7-5-22)32(33(38,39)40,34(41,42)43)49-20-27-28(36)2-1-3-29(27)37/h1-11,19,25H,12-18,20H2. The molecular weight excluding hydrogens is 703 g/mol. The molecule has 50 heavy (non-hydrogen) atoms. The van der Waals surface area contributed by atoms with Crippen molar-refractivity contribution in [2.24, 2.45) is 0 Å². The van der Waals surface area contributed by atoms with Gasteiger partial charge in [0.15, 0.2) is 9.84 Å². The zero-order valence-corrected chi connectivity index (χ0v) is 26.8. The second kappa shape index (κ2) is 13.0. The first-order valence-electron chi connectivity index (χ1n) is 15.5. The fourth-order valence-corrected chi connectivity index (χ4v) is 8.85. The second-order valence-corrected chi connectivity index (χ2v) is 14.6. The first kappa shape index (κ1) is 35.9. The molecule has 268 valence electrons. The Morgan fingerprint density at radius 1 is 0.860 bits per heavy atom. The minimum Gasteiger partial charge on any atom is -0.381 e. The van der Waals surface area contributed by atoms with Gasteiger partial charge in [-0.2, -0.15) is 31.4 Å².